The zero-order valence-electron chi connectivity index (χ0n) is 7.65. The molecule has 0 radical (unpaired) electrons. The molecule has 1 N–H and O–H groups in total. The van der Waals surface area contributed by atoms with Crippen LogP contribution in [-0.4, -0.2) is 37.6 Å². The van der Waals surface area contributed by atoms with Crippen LogP contribution in [0, 0.1) is 0 Å². The van der Waals surface area contributed by atoms with E-state index >= 15 is 0 Å². The smallest absolute Gasteiger partial charge is 0.382 e. The third kappa shape index (κ3) is 2.44. The molecule has 1 saturated carbocycles. The predicted octanol–water partition coefficient (Wildman–Crippen LogP) is 0.474. The summed E-state index contributed by atoms with van der Waals surface area (Å²) in [4.78, 5) is 0.784. The first-order chi connectivity index (χ1) is 6.97. The number of rotatable bonds is 3. The maximum Gasteiger partial charge on any atom is 0.416 e. The van der Waals surface area contributed by atoms with Gasteiger partial charge in [0.1, 0.15) is 0 Å². The van der Waals surface area contributed by atoms with Crippen molar-refractivity contribution in [2.75, 3.05) is 0 Å². The van der Waals surface area contributed by atoms with E-state index < -0.39 is 18.8 Å². The van der Waals surface area contributed by atoms with Crippen molar-refractivity contribution < 1.29 is 18.3 Å². The van der Waals surface area contributed by atoms with Crippen molar-refractivity contribution in [1.29, 1.82) is 0 Å². The number of aliphatic hydroxyl groups excluding tert-OH is 1. The Bertz CT molecular complexity index is 346. The summed E-state index contributed by atoms with van der Waals surface area (Å²) < 4.78 is 35.9. The van der Waals surface area contributed by atoms with Crippen molar-refractivity contribution in [3.63, 3.8) is 0 Å². The van der Waals surface area contributed by atoms with Gasteiger partial charge in [-0.15, -0.1) is 10.2 Å². The van der Waals surface area contributed by atoms with Gasteiger partial charge < -0.3 is 5.11 Å². The van der Waals surface area contributed by atoms with Crippen LogP contribution in [0.2, 0.25) is 0 Å². The Kier molecular flexibility index (Phi) is 2.37. The normalized spacial score (nSPS) is 19.2. The highest BCUT2D eigenvalue weighted by atomic mass is 19.4. The van der Waals surface area contributed by atoms with Crippen molar-refractivity contribution in [2.24, 2.45) is 0 Å². The van der Waals surface area contributed by atoms with Gasteiger partial charge in [-0.1, -0.05) is 0 Å². The molecular formula is C7H9F3N4O. The fourth-order valence-corrected chi connectivity index (χ4v) is 1.10. The van der Waals surface area contributed by atoms with E-state index in [2.05, 4.69) is 15.4 Å². The molecule has 1 aromatic heterocycles. The lowest BCUT2D eigenvalue weighted by molar-refractivity contribution is -0.208. The van der Waals surface area contributed by atoms with Crippen LogP contribution in [0.25, 0.3) is 0 Å². The molecular weight excluding hydrogens is 213 g/mol. The van der Waals surface area contributed by atoms with Crippen LogP contribution in [0.15, 0.2) is 0 Å². The van der Waals surface area contributed by atoms with Crippen LogP contribution < -0.4 is 0 Å². The molecule has 1 aromatic rings. The Morgan fingerprint density at radius 1 is 1.47 bits per heavy atom. The monoisotopic (exact) mass is 222 g/mol. The molecule has 1 atom stereocenters. The minimum atomic E-state index is -4.65. The van der Waals surface area contributed by atoms with Gasteiger partial charge in [-0.2, -0.15) is 18.0 Å². The maximum atomic E-state index is 12.0. The fourth-order valence-electron chi connectivity index (χ4n) is 1.10. The summed E-state index contributed by atoms with van der Waals surface area (Å²) in [5.41, 5.74) is 0. The van der Waals surface area contributed by atoms with E-state index in [1.165, 1.54) is 0 Å². The molecule has 0 bridgehead atoms. The number of hydrogen-bond donors (Lipinski definition) is 1. The minimum absolute atomic E-state index is 0.238. The van der Waals surface area contributed by atoms with Gasteiger partial charge >= 0.3 is 6.18 Å². The van der Waals surface area contributed by atoms with Crippen LogP contribution in [0.5, 0.6) is 0 Å². The van der Waals surface area contributed by atoms with Gasteiger partial charge in [0.05, 0.1) is 6.54 Å². The maximum absolute atomic E-state index is 12.0. The summed E-state index contributed by atoms with van der Waals surface area (Å²) in [7, 11) is 0. The summed E-state index contributed by atoms with van der Waals surface area (Å²) in [6.45, 7) is -0.705. The average Bonchev–Trinajstić information content (AvgIpc) is 2.87. The molecule has 1 aliphatic rings. The van der Waals surface area contributed by atoms with Crippen molar-refractivity contribution >= 4 is 0 Å². The Morgan fingerprint density at radius 3 is 2.67 bits per heavy atom. The van der Waals surface area contributed by atoms with Gasteiger partial charge in [-0.3, -0.25) is 0 Å². The molecule has 2 rings (SSSR count). The fraction of sp³-hybridized carbons (Fsp3) is 0.857. The summed E-state index contributed by atoms with van der Waals surface area (Å²) in [5.74, 6) is 0.700. The summed E-state index contributed by atoms with van der Waals surface area (Å²) >= 11 is 0. The molecule has 0 aromatic carbocycles. The van der Waals surface area contributed by atoms with Gasteiger partial charge in [0.2, 0.25) is 0 Å². The first kappa shape index (κ1) is 10.3. The molecule has 8 heteroatoms. The van der Waals surface area contributed by atoms with Gasteiger partial charge in [-0.05, 0) is 18.1 Å². The largest absolute Gasteiger partial charge is 0.416 e. The van der Waals surface area contributed by atoms with Crippen LogP contribution in [0.3, 0.4) is 0 Å². The number of hydrogen-bond acceptors (Lipinski definition) is 4. The molecule has 0 aliphatic heterocycles. The lowest BCUT2D eigenvalue weighted by atomic mass is 10.3. The van der Waals surface area contributed by atoms with Gasteiger partial charge in [-0.25, -0.2) is 0 Å². The van der Waals surface area contributed by atoms with Crippen molar-refractivity contribution in [3.05, 3.63) is 5.82 Å². The number of alkyl halides is 3. The predicted molar refractivity (Wildman–Crippen MR) is 41.9 cm³/mol. The first-order valence-electron chi connectivity index (χ1n) is 4.49. The van der Waals surface area contributed by atoms with E-state index in [1.54, 1.807) is 0 Å². The minimum Gasteiger partial charge on any atom is -0.382 e. The Morgan fingerprint density at radius 2 is 2.13 bits per heavy atom. The molecule has 0 saturated heterocycles. The quantitative estimate of drug-likeness (QED) is 0.807. The molecule has 1 fully saturated rings. The van der Waals surface area contributed by atoms with E-state index in [0.29, 0.717) is 5.82 Å². The van der Waals surface area contributed by atoms with Crippen LogP contribution in [0.4, 0.5) is 13.2 Å². The number of nitrogens with zero attached hydrogens (tertiary/aromatic N) is 4. The van der Waals surface area contributed by atoms with Gasteiger partial charge in [0.15, 0.2) is 11.9 Å². The van der Waals surface area contributed by atoms with Crippen LogP contribution in [0.1, 0.15) is 24.6 Å². The molecule has 84 valence electrons. The third-order valence-electron chi connectivity index (χ3n) is 2.12. The third-order valence-corrected chi connectivity index (χ3v) is 2.12. The van der Waals surface area contributed by atoms with Crippen molar-refractivity contribution in [2.45, 2.75) is 37.6 Å². The Hall–Kier alpha value is -1.18. The number of halogens is 3. The highest BCUT2D eigenvalue weighted by molar-refractivity contribution is 5.00. The summed E-state index contributed by atoms with van der Waals surface area (Å²) in [6, 6.07) is 0. The molecule has 0 spiro atoms. The van der Waals surface area contributed by atoms with E-state index in [1.807, 2.05) is 0 Å². The lowest BCUT2D eigenvalue weighted by Crippen LogP contribution is -2.33. The Labute approximate surface area is 82.9 Å². The van der Waals surface area contributed by atoms with Gasteiger partial charge in [0, 0.05) is 5.92 Å². The zero-order chi connectivity index (χ0) is 11.1. The molecule has 5 nitrogen and oxygen atoms in total. The standard InChI is InChI=1S/C7H9F3N4O/c8-7(9,10)5(15)3-14-12-6(11-13-14)4-1-2-4/h4-5,15H,1-3H2/t5-/m1/s1. The van der Waals surface area contributed by atoms with Gasteiger partial charge in [0.25, 0.3) is 0 Å². The second-order valence-electron chi connectivity index (χ2n) is 3.53. The first-order valence-corrected chi connectivity index (χ1v) is 4.49. The van der Waals surface area contributed by atoms with E-state index in [-0.39, 0.29) is 5.92 Å². The molecule has 0 unspecified atom stereocenters. The van der Waals surface area contributed by atoms with E-state index in [0.717, 1.165) is 17.6 Å². The second-order valence-corrected chi connectivity index (χ2v) is 3.53. The number of aliphatic hydroxyl groups is 1. The summed E-state index contributed by atoms with van der Waals surface area (Å²) in [5, 5.41) is 19.6. The molecule has 15 heavy (non-hydrogen) atoms. The van der Waals surface area contributed by atoms with Crippen LogP contribution in [-0.2, 0) is 6.54 Å². The SMILES string of the molecule is O[C@H](Cn1nnc(C2CC2)n1)C(F)(F)F. The molecule has 0 amide bonds. The highest BCUT2D eigenvalue weighted by Crippen LogP contribution is 2.37. The van der Waals surface area contributed by atoms with Crippen LogP contribution >= 0.6 is 0 Å². The van der Waals surface area contributed by atoms with Crippen molar-refractivity contribution in [1.82, 2.24) is 20.2 Å². The van der Waals surface area contributed by atoms with Crippen molar-refractivity contribution in [3.8, 4) is 0 Å². The number of tetrazole rings is 1. The molecule has 1 heterocycles. The zero-order valence-corrected chi connectivity index (χ0v) is 7.65. The average molecular weight is 222 g/mol. The molecule has 1 aliphatic carbocycles. The lowest BCUT2D eigenvalue weighted by Gasteiger charge is -2.12. The summed E-state index contributed by atoms with van der Waals surface area (Å²) in [6.07, 6.45) is -5.19. The second kappa shape index (κ2) is 3.44. The Balaban J connectivity index is 1.98. The van der Waals surface area contributed by atoms with E-state index in [4.69, 9.17) is 5.11 Å². The highest BCUT2D eigenvalue weighted by Gasteiger charge is 2.39. The topological polar surface area (TPSA) is 63.8 Å². The van der Waals surface area contributed by atoms with E-state index in [9.17, 15) is 13.2 Å². The number of aromatic nitrogens is 4.